The molecule has 1 aliphatic rings. The maximum Gasteiger partial charge on any atom is 0.330 e. The first-order valence-electron chi connectivity index (χ1n) is 5.25. The molecule has 1 aromatic rings. The van der Waals surface area contributed by atoms with Crippen molar-refractivity contribution in [3.05, 3.63) is 34.9 Å². The van der Waals surface area contributed by atoms with E-state index in [1.165, 1.54) is 0 Å². The third-order valence-corrected chi connectivity index (χ3v) is 3.22. The van der Waals surface area contributed by atoms with Crippen LogP contribution in [0.3, 0.4) is 0 Å². The highest BCUT2D eigenvalue weighted by Gasteiger charge is 2.43. The molecule has 2 N–H and O–H groups in total. The summed E-state index contributed by atoms with van der Waals surface area (Å²) in [4.78, 5) is 11.8. The predicted octanol–water partition coefficient (Wildman–Crippen LogP) is 2.08. The van der Waals surface area contributed by atoms with Gasteiger partial charge < -0.3 is 10.5 Å². The second kappa shape index (κ2) is 4.07. The molecule has 4 heteroatoms. The minimum Gasteiger partial charge on any atom is -0.464 e. The van der Waals surface area contributed by atoms with E-state index in [0.717, 1.165) is 0 Å². The lowest BCUT2D eigenvalue weighted by Crippen LogP contribution is -2.51. The van der Waals surface area contributed by atoms with Crippen LogP contribution in [0.25, 0.3) is 0 Å². The number of cyclic esters (lactones) is 1. The molecule has 1 fully saturated rings. The van der Waals surface area contributed by atoms with Crippen LogP contribution in [0.5, 0.6) is 0 Å². The summed E-state index contributed by atoms with van der Waals surface area (Å²) < 4.78 is 5.09. The minimum atomic E-state index is -1.10. The Balaban J connectivity index is 2.44. The fraction of sp³-hybridized carbons (Fsp3) is 0.417. The molecule has 0 amide bonds. The molecule has 0 radical (unpaired) electrons. The number of hydrogen-bond acceptors (Lipinski definition) is 3. The van der Waals surface area contributed by atoms with Crippen molar-refractivity contribution in [1.82, 2.24) is 0 Å². The number of hydrogen-bond donors (Lipinski definition) is 1. The van der Waals surface area contributed by atoms with Crippen LogP contribution in [0.15, 0.2) is 24.3 Å². The largest absolute Gasteiger partial charge is 0.464 e. The van der Waals surface area contributed by atoms with Crippen LogP contribution in [0.2, 0.25) is 5.02 Å². The first-order valence-corrected chi connectivity index (χ1v) is 5.63. The molecule has 2 atom stereocenters. The molecule has 1 aromatic carbocycles. The van der Waals surface area contributed by atoms with Crippen LogP contribution >= 0.6 is 11.6 Å². The first-order chi connectivity index (χ1) is 7.54. The Morgan fingerprint density at radius 3 is 2.88 bits per heavy atom. The lowest BCUT2D eigenvalue weighted by molar-refractivity contribution is -0.158. The number of benzene rings is 1. The highest BCUT2D eigenvalue weighted by Crippen LogP contribution is 2.35. The van der Waals surface area contributed by atoms with Gasteiger partial charge in [0.1, 0.15) is 5.54 Å². The van der Waals surface area contributed by atoms with E-state index in [9.17, 15) is 4.79 Å². The number of esters is 1. The molecule has 0 aromatic heterocycles. The van der Waals surface area contributed by atoms with E-state index in [4.69, 9.17) is 22.1 Å². The molecule has 16 heavy (non-hydrogen) atoms. The predicted molar refractivity (Wildman–Crippen MR) is 62.1 cm³/mol. The zero-order valence-electron chi connectivity index (χ0n) is 9.07. The SMILES string of the molecule is C[C@@H]1COC(=O)[C@](N)(c2ccccc2Cl)C1. The van der Waals surface area contributed by atoms with Crippen molar-refractivity contribution >= 4 is 17.6 Å². The van der Waals surface area contributed by atoms with Crippen molar-refractivity contribution in [3.8, 4) is 0 Å². The molecule has 0 spiro atoms. The maximum absolute atomic E-state index is 11.8. The van der Waals surface area contributed by atoms with Gasteiger partial charge in [-0.05, 0) is 18.4 Å². The molecule has 0 saturated carbocycles. The van der Waals surface area contributed by atoms with Crippen molar-refractivity contribution in [2.24, 2.45) is 11.7 Å². The molecular weight excluding hydrogens is 226 g/mol. The molecule has 1 aliphatic heterocycles. The Morgan fingerprint density at radius 2 is 2.19 bits per heavy atom. The van der Waals surface area contributed by atoms with Crippen LogP contribution in [0.4, 0.5) is 0 Å². The highest BCUT2D eigenvalue weighted by atomic mass is 35.5. The Kier molecular flexibility index (Phi) is 2.91. The zero-order chi connectivity index (χ0) is 11.8. The topological polar surface area (TPSA) is 52.3 Å². The van der Waals surface area contributed by atoms with Gasteiger partial charge in [0.25, 0.3) is 0 Å². The average Bonchev–Trinajstić information content (AvgIpc) is 2.24. The van der Waals surface area contributed by atoms with Crippen molar-refractivity contribution in [1.29, 1.82) is 0 Å². The Hall–Kier alpha value is -1.06. The Labute approximate surface area is 99.5 Å². The van der Waals surface area contributed by atoms with Gasteiger partial charge in [0, 0.05) is 10.6 Å². The summed E-state index contributed by atoms with van der Waals surface area (Å²) in [6.07, 6.45) is 0.565. The molecule has 0 aliphatic carbocycles. The summed E-state index contributed by atoms with van der Waals surface area (Å²) >= 11 is 6.07. The standard InChI is InChI=1S/C12H14ClNO2/c1-8-6-12(14,11(15)16-7-8)9-4-2-3-5-10(9)13/h2-5,8H,6-7,14H2,1H3/t8-,12+/m0/s1. The van der Waals surface area contributed by atoms with E-state index >= 15 is 0 Å². The summed E-state index contributed by atoms with van der Waals surface area (Å²) in [5.74, 6) is -0.141. The van der Waals surface area contributed by atoms with Crippen LogP contribution in [-0.4, -0.2) is 12.6 Å². The van der Waals surface area contributed by atoms with Crippen LogP contribution < -0.4 is 5.73 Å². The number of halogens is 1. The molecule has 2 rings (SSSR count). The van der Waals surface area contributed by atoms with Crippen LogP contribution in [0, 0.1) is 5.92 Å². The molecular formula is C12H14ClNO2. The third-order valence-electron chi connectivity index (χ3n) is 2.89. The van der Waals surface area contributed by atoms with Crippen LogP contribution in [0.1, 0.15) is 18.9 Å². The molecule has 3 nitrogen and oxygen atoms in total. The van der Waals surface area contributed by atoms with Crippen LogP contribution in [-0.2, 0) is 15.1 Å². The smallest absolute Gasteiger partial charge is 0.330 e. The lowest BCUT2D eigenvalue weighted by Gasteiger charge is -2.35. The van der Waals surface area contributed by atoms with E-state index in [1.54, 1.807) is 12.1 Å². The van der Waals surface area contributed by atoms with Gasteiger partial charge in [-0.15, -0.1) is 0 Å². The highest BCUT2D eigenvalue weighted by molar-refractivity contribution is 6.31. The minimum absolute atomic E-state index is 0.249. The lowest BCUT2D eigenvalue weighted by atomic mass is 9.81. The van der Waals surface area contributed by atoms with Gasteiger partial charge in [-0.1, -0.05) is 36.7 Å². The fourth-order valence-corrected chi connectivity index (χ4v) is 2.39. The number of nitrogens with two attached hydrogens (primary N) is 1. The fourth-order valence-electron chi connectivity index (χ4n) is 2.08. The average molecular weight is 240 g/mol. The van der Waals surface area contributed by atoms with E-state index in [-0.39, 0.29) is 5.92 Å². The zero-order valence-corrected chi connectivity index (χ0v) is 9.83. The molecule has 0 bridgehead atoms. The summed E-state index contributed by atoms with van der Waals surface area (Å²) in [5.41, 5.74) is 5.70. The second-order valence-corrected chi connectivity index (χ2v) is 4.77. The Bertz CT molecular complexity index is 421. The summed E-state index contributed by atoms with van der Waals surface area (Å²) in [6, 6.07) is 7.15. The van der Waals surface area contributed by atoms with E-state index in [0.29, 0.717) is 23.6 Å². The van der Waals surface area contributed by atoms with Crippen molar-refractivity contribution in [3.63, 3.8) is 0 Å². The first kappa shape index (κ1) is 11.4. The van der Waals surface area contributed by atoms with Gasteiger partial charge >= 0.3 is 5.97 Å². The van der Waals surface area contributed by atoms with Crippen molar-refractivity contribution in [2.75, 3.05) is 6.61 Å². The number of rotatable bonds is 1. The van der Waals surface area contributed by atoms with Gasteiger partial charge in [0.2, 0.25) is 0 Å². The number of carbonyl (C=O) groups is 1. The normalized spacial score (nSPS) is 29.9. The molecule has 1 saturated heterocycles. The van der Waals surface area contributed by atoms with Gasteiger partial charge in [-0.2, -0.15) is 0 Å². The summed E-state index contributed by atoms with van der Waals surface area (Å²) in [5, 5.41) is 0.510. The molecule has 1 heterocycles. The van der Waals surface area contributed by atoms with Gasteiger partial charge in [0.05, 0.1) is 6.61 Å². The molecule has 0 unspecified atom stereocenters. The third kappa shape index (κ3) is 1.81. The van der Waals surface area contributed by atoms with Gasteiger partial charge in [-0.25, -0.2) is 4.79 Å². The van der Waals surface area contributed by atoms with E-state index < -0.39 is 11.5 Å². The van der Waals surface area contributed by atoms with E-state index in [2.05, 4.69) is 0 Å². The van der Waals surface area contributed by atoms with Crippen molar-refractivity contribution in [2.45, 2.75) is 18.9 Å². The number of ether oxygens (including phenoxy) is 1. The quantitative estimate of drug-likeness (QED) is 0.764. The van der Waals surface area contributed by atoms with Crippen molar-refractivity contribution < 1.29 is 9.53 Å². The van der Waals surface area contributed by atoms with E-state index in [1.807, 2.05) is 19.1 Å². The maximum atomic E-state index is 11.8. The van der Waals surface area contributed by atoms with Gasteiger partial charge in [-0.3, -0.25) is 0 Å². The Morgan fingerprint density at radius 1 is 1.50 bits per heavy atom. The molecule has 86 valence electrons. The monoisotopic (exact) mass is 239 g/mol. The second-order valence-electron chi connectivity index (χ2n) is 4.36. The van der Waals surface area contributed by atoms with Gasteiger partial charge in [0.15, 0.2) is 0 Å². The number of carbonyl (C=O) groups excluding carboxylic acids is 1. The summed E-state index contributed by atoms with van der Waals surface area (Å²) in [6.45, 7) is 2.44. The summed E-state index contributed by atoms with van der Waals surface area (Å²) in [7, 11) is 0.